The van der Waals surface area contributed by atoms with Crippen molar-refractivity contribution in [2.75, 3.05) is 0 Å². The minimum Gasteiger partial charge on any atom is -0.309 e. The second kappa shape index (κ2) is 14.3. The lowest BCUT2D eigenvalue weighted by Gasteiger charge is -2.16. The number of pyridine rings is 1. The van der Waals surface area contributed by atoms with Crippen LogP contribution >= 0.6 is 0 Å². The number of fused-ring (bicyclic) bond motifs is 10. The zero-order valence-electron chi connectivity index (χ0n) is 35.8. The largest absolute Gasteiger partial charge is 0.309 e. The molecule has 0 radical (unpaired) electrons. The van der Waals surface area contributed by atoms with Crippen LogP contribution < -0.4 is 0 Å². The Kier molecular flexibility index (Phi) is 7.91. The molecule has 66 heavy (non-hydrogen) atoms. The maximum absolute atomic E-state index is 5.45. The van der Waals surface area contributed by atoms with Gasteiger partial charge in [0.15, 0.2) is 0 Å². The van der Waals surface area contributed by atoms with Crippen molar-refractivity contribution in [3.63, 3.8) is 0 Å². The lowest BCUT2D eigenvalue weighted by atomic mass is 9.99. The molecule has 0 atom stereocenters. The highest BCUT2D eigenvalue weighted by Gasteiger charge is 2.22. The van der Waals surface area contributed by atoms with Crippen molar-refractivity contribution in [2.24, 2.45) is 0 Å². The van der Waals surface area contributed by atoms with Gasteiger partial charge in [0, 0.05) is 66.7 Å². The number of aromatic nitrogens is 5. The van der Waals surface area contributed by atoms with E-state index < -0.39 is 0 Å². The van der Waals surface area contributed by atoms with E-state index in [1.165, 1.54) is 48.9 Å². The summed E-state index contributed by atoms with van der Waals surface area (Å²) in [6, 6.07) is 83.5. The maximum Gasteiger partial charge on any atom is 0.137 e. The predicted octanol–water partition coefficient (Wildman–Crippen LogP) is 15.6. The normalized spacial score (nSPS) is 11.9. The van der Waals surface area contributed by atoms with E-state index in [0.29, 0.717) is 0 Å². The molecule has 0 aliphatic heterocycles. The van der Waals surface area contributed by atoms with Gasteiger partial charge in [0.05, 0.1) is 44.5 Å². The molecule has 0 amide bonds. The predicted molar refractivity (Wildman–Crippen MR) is 275 cm³/mol. The lowest BCUT2D eigenvalue weighted by Crippen LogP contribution is -2.00. The Morgan fingerprint density at radius 3 is 1.05 bits per heavy atom. The summed E-state index contributed by atoms with van der Waals surface area (Å²) in [5, 5.41) is 7.44. The number of imidazole rings is 1. The highest BCUT2D eigenvalue weighted by Crippen LogP contribution is 2.41. The number of hydrogen-bond donors (Lipinski definition) is 0. The molecule has 0 aliphatic carbocycles. The Bertz CT molecular complexity index is 3920. The lowest BCUT2D eigenvalue weighted by molar-refractivity contribution is 1.13. The SMILES string of the molecule is c1ccc2c(c1)c1ccccc1n2-c1ccc(-c2ccc(-c3c(-c4cc(-n5c6ccccc6c6ccccc65)cc(-n5c6ccccc6c6ccccc65)c4)nc4ccccn34)cc2)cc1. The van der Waals surface area contributed by atoms with Gasteiger partial charge in [0.25, 0.3) is 0 Å². The van der Waals surface area contributed by atoms with Crippen molar-refractivity contribution in [3.8, 4) is 50.7 Å². The fourth-order valence-electron chi connectivity index (χ4n) is 10.7. The summed E-state index contributed by atoms with van der Waals surface area (Å²) in [4.78, 5) is 5.45. The Hall–Kier alpha value is -8.93. The van der Waals surface area contributed by atoms with Gasteiger partial charge in [-0.1, -0.05) is 152 Å². The number of rotatable bonds is 6. The van der Waals surface area contributed by atoms with Crippen molar-refractivity contribution < 1.29 is 0 Å². The Morgan fingerprint density at radius 1 is 0.273 bits per heavy atom. The first kappa shape index (κ1) is 36.5. The molecule has 0 saturated heterocycles. The molecule has 9 aromatic carbocycles. The number of benzene rings is 9. The second-order valence-electron chi connectivity index (χ2n) is 17.2. The fraction of sp³-hybridized carbons (Fsp3) is 0. The molecule has 308 valence electrons. The van der Waals surface area contributed by atoms with Crippen molar-refractivity contribution in [2.45, 2.75) is 0 Å². The molecule has 5 aromatic heterocycles. The fourth-order valence-corrected chi connectivity index (χ4v) is 10.7. The first-order valence-electron chi connectivity index (χ1n) is 22.5. The second-order valence-corrected chi connectivity index (χ2v) is 17.2. The van der Waals surface area contributed by atoms with Gasteiger partial charge in [-0.3, -0.25) is 4.40 Å². The first-order chi connectivity index (χ1) is 32.7. The number of para-hydroxylation sites is 6. The molecule has 0 bridgehead atoms. The zero-order chi connectivity index (χ0) is 43.3. The van der Waals surface area contributed by atoms with Gasteiger partial charge in [-0.15, -0.1) is 0 Å². The van der Waals surface area contributed by atoms with Crippen molar-refractivity contribution in [3.05, 3.63) is 237 Å². The Morgan fingerprint density at radius 2 is 0.621 bits per heavy atom. The van der Waals surface area contributed by atoms with Gasteiger partial charge in [-0.2, -0.15) is 0 Å². The van der Waals surface area contributed by atoms with Crippen molar-refractivity contribution in [1.29, 1.82) is 0 Å². The quantitative estimate of drug-likeness (QED) is 0.164. The summed E-state index contributed by atoms with van der Waals surface area (Å²) in [5.74, 6) is 0. The van der Waals surface area contributed by atoms with E-state index in [-0.39, 0.29) is 0 Å². The minimum absolute atomic E-state index is 0.896. The van der Waals surface area contributed by atoms with Crippen LogP contribution in [0.5, 0.6) is 0 Å². The maximum atomic E-state index is 5.45. The topological polar surface area (TPSA) is 32.1 Å². The minimum atomic E-state index is 0.896. The van der Waals surface area contributed by atoms with Gasteiger partial charge in [0.2, 0.25) is 0 Å². The van der Waals surface area contributed by atoms with Crippen LogP contribution in [0.4, 0.5) is 0 Å². The van der Waals surface area contributed by atoms with E-state index in [4.69, 9.17) is 4.98 Å². The molecule has 5 nitrogen and oxygen atoms in total. The van der Waals surface area contributed by atoms with Crippen LogP contribution in [-0.2, 0) is 0 Å². The molecule has 0 unspecified atom stereocenters. The summed E-state index contributed by atoms with van der Waals surface area (Å²) >= 11 is 0. The highest BCUT2D eigenvalue weighted by atomic mass is 15.0. The van der Waals surface area contributed by atoms with Gasteiger partial charge in [-0.25, -0.2) is 4.98 Å². The van der Waals surface area contributed by atoms with Crippen LogP contribution in [0.2, 0.25) is 0 Å². The summed E-state index contributed by atoms with van der Waals surface area (Å²) in [7, 11) is 0. The van der Waals surface area contributed by atoms with E-state index in [1.807, 2.05) is 0 Å². The van der Waals surface area contributed by atoms with Crippen LogP contribution in [0.25, 0.3) is 122 Å². The standard InChI is InChI=1S/C61H39N5/c1-7-21-53-47(15-1)48-16-2-8-22-54(48)64(53)44-34-32-41(33-35-44)40-28-30-42(31-29-40)61-60(62-59-27-13-14-36-63(59)61)43-37-45(65-55-23-9-3-17-49(55)50-18-4-10-24-56(50)65)39-46(38-43)66-57-25-11-5-19-51(57)52-20-6-12-26-58(52)66/h1-39H. The van der Waals surface area contributed by atoms with Crippen LogP contribution in [-0.4, -0.2) is 23.1 Å². The first-order valence-corrected chi connectivity index (χ1v) is 22.5. The summed E-state index contributed by atoms with van der Waals surface area (Å²) in [5.41, 5.74) is 17.7. The summed E-state index contributed by atoms with van der Waals surface area (Å²) in [6.45, 7) is 0. The number of hydrogen-bond acceptors (Lipinski definition) is 1. The molecule has 14 aromatic rings. The van der Waals surface area contributed by atoms with Crippen LogP contribution in [0, 0.1) is 0 Å². The van der Waals surface area contributed by atoms with E-state index >= 15 is 0 Å². The van der Waals surface area contributed by atoms with Crippen LogP contribution in [0.1, 0.15) is 0 Å². The van der Waals surface area contributed by atoms with Crippen molar-refractivity contribution >= 4 is 71.1 Å². The third-order valence-corrected chi connectivity index (χ3v) is 13.6. The van der Waals surface area contributed by atoms with E-state index in [2.05, 4.69) is 255 Å². The summed E-state index contributed by atoms with van der Waals surface area (Å²) < 4.78 is 9.44. The molecule has 14 rings (SSSR count). The summed E-state index contributed by atoms with van der Waals surface area (Å²) in [6.07, 6.45) is 2.13. The third-order valence-electron chi connectivity index (χ3n) is 13.6. The van der Waals surface area contributed by atoms with E-state index in [0.717, 1.165) is 72.9 Å². The highest BCUT2D eigenvalue weighted by molar-refractivity contribution is 6.11. The number of nitrogens with zero attached hydrogens (tertiary/aromatic N) is 5. The van der Waals surface area contributed by atoms with Gasteiger partial charge in [-0.05, 0) is 90.0 Å². The molecule has 0 saturated carbocycles. The molecule has 5 heterocycles. The van der Waals surface area contributed by atoms with E-state index in [1.54, 1.807) is 0 Å². The third kappa shape index (κ3) is 5.44. The molecular weight excluding hydrogens is 803 g/mol. The van der Waals surface area contributed by atoms with E-state index in [9.17, 15) is 0 Å². The monoisotopic (exact) mass is 841 g/mol. The molecule has 0 N–H and O–H groups in total. The average molecular weight is 842 g/mol. The average Bonchev–Trinajstić information content (AvgIpc) is 4.13. The molecule has 0 fully saturated rings. The molecular formula is C61H39N5. The van der Waals surface area contributed by atoms with Gasteiger partial charge in [0.1, 0.15) is 5.65 Å². The molecule has 5 heteroatoms. The van der Waals surface area contributed by atoms with Crippen LogP contribution in [0.3, 0.4) is 0 Å². The zero-order valence-corrected chi connectivity index (χ0v) is 35.8. The van der Waals surface area contributed by atoms with Crippen LogP contribution in [0.15, 0.2) is 237 Å². The Balaban J connectivity index is 0.942. The van der Waals surface area contributed by atoms with Crippen molar-refractivity contribution in [1.82, 2.24) is 23.1 Å². The Labute approximate surface area is 379 Å². The van der Waals surface area contributed by atoms with Gasteiger partial charge < -0.3 is 13.7 Å². The molecule has 0 aliphatic rings. The smallest absolute Gasteiger partial charge is 0.137 e. The van der Waals surface area contributed by atoms with Gasteiger partial charge >= 0.3 is 0 Å². The molecule has 0 spiro atoms.